The first-order chi connectivity index (χ1) is 19.1. The fourth-order valence-electron chi connectivity index (χ4n) is 5.36. The second-order valence-electron chi connectivity index (χ2n) is 9.56. The molecule has 1 aliphatic heterocycles. The molecule has 2 N–H and O–H groups in total. The Hall–Kier alpha value is -4.31. The summed E-state index contributed by atoms with van der Waals surface area (Å²) in [5, 5.41) is 4.73. The molecule has 0 unspecified atom stereocenters. The van der Waals surface area contributed by atoms with Crippen molar-refractivity contribution in [2.24, 2.45) is 11.7 Å². The van der Waals surface area contributed by atoms with Crippen LogP contribution in [0.3, 0.4) is 0 Å². The number of benzene rings is 3. The number of ketones is 1. The molecule has 0 fully saturated rings. The number of Topliss-reactive ketones (excluding diaryl/α,β-unsaturated/α-hetero) is 1. The number of fused-ring (bicyclic) bond motifs is 1. The molecule has 0 radical (unpaired) electrons. The van der Waals surface area contributed by atoms with Crippen LogP contribution >= 0.6 is 0 Å². The van der Waals surface area contributed by atoms with Gasteiger partial charge in [0.25, 0.3) is 0 Å². The van der Waals surface area contributed by atoms with Gasteiger partial charge in [0.2, 0.25) is 5.91 Å². The number of alkyl halides is 3. The van der Waals surface area contributed by atoms with Crippen LogP contribution in [0.2, 0.25) is 0 Å². The van der Waals surface area contributed by atoms with E-state index in [1.807, 2.05) is 30.3 Å². The van der Waals surface area contributed by atoms with Crippen LogP contribution in [0.1, 0.15) is 52.0 Å². The van der Waals surface area contributed by atoms with Crippen LogP contribution in [0.4, 0.5) is 23.4 Å². The van der Waals surface area contributed by atoms with Gasteiger partial charge in [-0.3, -0.25) is 14.5 Å². The molecule has 6 nitrogen and oxygen atoms in total. The maximum Gasteiger partial charge on any atom is 0.416 e. The molecule has 2 heterocycles. The van der Waals surface area contributed by atoms with Gasteiger partial charge in [0.15, 0.2) is 5.78 Å². The second kappa shape index (κ2) is 10.7. The van der Waals surface area contributed by atoms with Crippen LogP contribution in [-0.4, -0.2) is 28.0 Å². The van der Waals surface area contributed by atoms with Crippen LogP contribution in [-0.2, 0) is 17.5 Å². The number of amides is 1. The van der Waals surface area contributed by atoms with Gasteiger partial charge in [0.05, 0.1) is 22.9 Å². The van der Waals surface area contributed by atoms with Crippen molar-refractivity contribution in [2.75, 3.05) is 11.4 Å². The van der Waals surface area contributed by atoms with E-state index >= 15 is 0 Å². The summed E-state index contributed by atoms with van der Waals surface area (Å²) in [4.78, 5) is 29.0. The van der Waals surface area contributed by atoms with Gasteiger partial charge in [-0.2, -0.15) is 18.3 Å². The predicted molar refractivity (Wildman–Crippen MR) is 142 cm³/mol. The molecule has 10 heteroatoms. The largest absolute Gasteiger partial charge is 0.416 e. The first-order valence-electron chi connectivity index (χ1n) is 12.8. The Morgan fingerprint density at radius 2 is 1.70 bits per heavy atom. The molecular formula is C30H26F4N4O2. The van der Waals surface area contributed by atoms with Crippen molar-refractivity contribution in [3.05, 3.63) is 113 Å². The first kappa shape index (κ1) is 27.3. The number of nitrogens with zero attached hydrogens (tertiary/aromatic N) is 3. The van der Waals surface area contributed by atoms with Crippen molar-refractivity contribution < 1.29 is 27.2 Å². The molecule has 5 rings (SSSR count). The summed E-state index contributed by atoms with van der Waals surface area (Å²) in [5.41, 5.74) is 7.42. The molecule has 1 amide bonds. The second-order valence-corrected chi connectivity index (χ2v) is 9.56. The number of rotatable bonds is 7. The fourth-order valence-corrected chi connectivity index (χ4v) is 5.36. The number of para-hydroxylation sites is 1. The third kappa shape index (κ3) is 4.90. The third-order valence-electron chi connectivity index (χ3n) is 7.18. The monoisotopic (exact) mass is 550 g/mol. The average Bonchev–Trinajstić information content (AvgIpc) is 3.33. The lowest BCUT2D eigenvalue weighted by Crippen LogP contribution is -2.45. The molecule has 1 aliphatic rings. The quantitative estimate of drug-likeness (QED) is 0.230. The summed E-state index contributed by atoms with van der Waals surface area (Å²) >= 11 is 0. The maximum atomic E-state index is 14.1. The van der Waals surface area contributed by atoms with Crippen molar-refractivity contribution in [1.82, 2.24) is 9.78 Å². The van der Waals surface area contributed by atoms with Gasteiger partial charge in [-0.05, 0) is 48.9 Å². The summed E-state index contributed by atoms with van der Waals surface area (Å²) in [6.07, 6.45) is -4.98. The normalized spacial score (nSPS) is 17.1. The Bertz CT molecular complexity index is 1550. The number of halogens is 4. The zero-order valence-corrected chi connectivity index (χ0v) is 21.5. The van der Waals surface area contributed by atoms with E-state index in [1.54, 1.807) is 23.7 Å². The Morgan fingerprint density at radius 3 is 2.33 bits per heavy atom. The Morgan fingerprint density at radius 1 is 1.00 bits per heavy atom. The summed E-state index contributed by atoms with van der Waals surface area (Å²) in [7, 11) is 0. The van der Waals surface area contributed by atoms with Crippen molar-refractivity contribution in [3.63, 3.8) is 0 Å². The highest BCUT2D eigenvalue weighted by Gasteiger charge is 2.46. The zero-order chi connectivity index (χ0) is 28.6. The number of carbonyl (C=O) groups excluding carboxylic acids is 2. The molecule has 2 atom stereocenters. The van der Waals surface area contributed by atoms with Gasteiger partial charge >= 0.3 is 6.18 Å². The van der Waals surface area contributed by atoms with Crippen LogP contribution in [0, 0.1) is 11.7 Å². The van der Waals surface area contributed by atoms with Crippen molar-refractivity contribution in [1.29, 1.82) is 0 Å². The van der Waals surface area contributed by atoms with E-state index in [9.17, 15) is 27.2 Å². The molecule has 0 saturated heterocycles. The van der Waals surface area contributed by atoms with E-state index in [4.69, 9.17) is 10.8 Å². The van der Waals surface area contributed by atoms with Crippen molar-refractivity contribution in [2.45, 2.75) is 32.0 Å². The molecule has 0 spiro atoms. The van der Waals surface area contributed by atoms with Crippen molar-refractivity contribution >= 4 is 17.5 Å². The smallest absolute Gasteiger partial charge is 0.325 e. The first-order valence-corrected chi connectivity index (χ1v) is 12.8. The molecule has 3 aromatic carbocycles. The maximum absolute atomic E-state index is 14.1. The highest BCUT2D eigenvalue weighted by Crippen LogP contribution is 2.47. The molecule has 1 aromatic heterocycles. The van der Waals surface area contributed by atoms with E-state index in [0.717, 1.165) is 12.1 Å². The zero-order valence-electron chi connectivity index (χ0n) is 21.5. The number of carbonyl (C=O) groups is 2. The number of hydrogen-bond acceptors (Lipinski definition) is 4. The molecule has 4 aromatic rings. The number of aromatic nitrogens is 2. The van der Waals surface area contributed by atoms with Gasteiger partial charge in [-0.1, -0.05) is 42.5 Å². The van der Waals surface area contributed by atoms with E-state index in [1.165, 1.54) is 29.2 Å². The predicted octanol–water partition coefficient (Wildman–Crippen LogP) is 5.88. The minimum absolute atomic E-state index is 0.0277. The summed E-state index contributed by atoms with van der Waals surface area (Å²) in [5.74, 6) is -2.70. The standard InChI is InChI=1S/C30H26F4N4O2/c1-2-37-28-27(24(17-35)36-38(28)22-9-4-3-5-10-22)26(18-11-13-21(31)14-12-18)23(29(37)40)16-25(39)19-7-6-8-20(15-19)30(32,33)34/h3-15,23,26H,2,16-17,35H2,1H3/t23-,26+/m0/s1. The number of nitrogens with two attached hydrogens (primary N) is 1. The molecule has 0 saturated carbocycles. The van der Waals surface area contributed by atoms with Gasteiger partial charge in [0.1, 0.15) is 11.6 Å². The molecule has 206 valence electrons. The van der Waals surface area contributed by atoms with Gasteiger partial charge in [0, 0.05) is 36.6 Å². The van der Waals surface area contributed by atoms with E-state index < -0.39 is 35.2 Å². The van der Waals surface area contributed by atoms with E-state index in [2.05, 4.69) is 0 Å². The summed E-state index contributed by atoms with van der Waals surface area (Å²) in [6, 6.07) is 19.0. The Labute approximate surface area is 228 Å². The Balaban J connectivity index is 1.67. The van der Waals surface area contributed by atoms with E-state index in [-0.39, 0.29) is 31.0 Å². The molecular weight excluding hydrogens is 524 g/mol. The van der Waals surface area contributed by atoms with Gasteiger partial charge in [-0.15, -0.1) is 0 Å². The number of anilines is 1. The third-order valence-corrected chi connectivity index (χ3v) is 7.18. The minimum atomic E-state index is -4.62. The molecule has 0 aliphatic carbocycles. The van der Waals surface area contributed by atoms with Gasteiger partial charge < -0.3 is 5.73 Å². The molecule has 40 heavy (non-hydrogen) atoms. The summed E-state index contributed by atoms with van der Waals surface area (Å²) < 4.78 is 55.6. The van der Waals surface area contributed by atoms with Crippen LogP contribution in [0.25, 0.3) is 5.69 Å². The topological polar surface area (TPSA) is 81.2 Å². The van der Waals surface area contributed by atoms with Crippen molar-refractivity contribution in [3.8, 4) is 5.69 Å². The lowest BCUT2D eigenvalue weighted by molar-refractivity contribution is -0.137. The average molecular weight is 551 g/mol. The van der Waals surface area contributed by atoms with Crippen LogP contribution < -0.4 is 10.6 Å². The minimum Gasteiger partial charge on any atom is -0.325 e. The highest BCUT2D eigenvalue weighted by molar-refractivity contribution is 6.04. The van der Waals surface area contributed by atoms with Gasteiger partial charge in [-0.25, -0.2) is 9.07 Å². The SMILES string of the molecule is CCN1C(=O)[C@@H](CC(=O)c2cccc(C(F)(F)F)c2)[C@@H](c2ccc(F)cc2)c2c(CN)nn(-c3ccccc3)c21. The Kier molecular flexibility index (Phi) is 7.29. The lowest BCUT2D eigenvalue weighted by atomic mass is 9.74. The van der Waals surface area contributed by atoms with Crippen LogP contribution in [0.15, 0.2) is 78.9 Å². The highest BCUT2D eigenvalue weighted by atomic mass is 19.4. The lowest BCUT2D eigenvalue weighted by Gasteiger charge is -2.38. The van der Waals surface area contributed by atoms with E-state index in [0.29, 0.717) is 28.3 Å². The fraction of sp³-hybridized carbons (Fsp3) is 0.233. The summed E-state index contributed by atoms with van der Waals surface area (Å²) in [6.45, 7) is 2.06. The number of hydrogen-bond donors (Lipinski definition) is 1. The van der Waals surface area contributed by atoms with Crippen LogP contribution in [0.5, 0.6) is 0 Å². The molecule has 0 bridgehead atoms.